The van der Waals surface area contributed by atoms with Gasteiger partial charge in [-0.1, -0.05) is 44.6 Å². The Morgan fingerprint density at radius 1 is 1.38 bits per heavy atom. The number of nitrogens with one attached hydrogen (secondary N) is 1. The second-order valence-electron chi connectivity index (χ2n) is 4.51. The second-order valence-corrected chi connectivity index (χ2v) is 4.51. The summed E-state index contributed by atoms with van der Waals surface area (Å²) in [6, 6.07) is 0. The topological polar surface area (TPSA) is 12.0 Å². The first-order valence-corrected chi connectivity index (χ1v) is 6.71. The summed E-state index contributed by atoms with van der Waals surface area (Å²) in [7, 11) is 2.02. The molecule has 2 aliphatic carbocycles. The van der Waals surface area contributed by atoms with Gasteiger partial charge in [0, 0.05) is 0 Å². The first kappa shape index (κ1) is 15.4. The van der Waals surface area contributed by atoms with Crippen LogP contribution >= 0.6 is 0 Å². The third-order valence-corrected chi connectivity index (χ3v) is 2.96. The number of rotatable bonds is 2. The van der Waals surface area contributed by atoms with Gasteiger partial charge in [-0.15, -0.1) is 0 Å². The van der Waals surface area contributed by atoms with Crippen molar-refractivity contribution >= 4 is 0 Å². The van der Waals surface area contributed by atoms with Gasteiger partial charge in [0.1, 0.15) is 0 Å². The second kappa shape index (κ2) is 9.65. The van der Waals surface area contributed by atoms with Crippen molar-refractivity contribution < 1.29 is 0 Å². The molecule has 0 bridgehead atoms. The van der Waals surface area contributed by atoms with Gasteiger partial charge in [0.25, 0.3) is 0 Å². The zero-order valence-corrected chi connectivity index (χ0v) is 11.7. The summed E-state index contributed by atoms with van der Waals surface area (Å²) in [6.07, 6.45) is 10.4. The Kier molecular flexibility index (Phi) is 9.31. The van der Waals surface area contributed by atoms with E-state index in [1.54, 1.807) is 0 Å². The van der Waals surface area contributed by atoms with E-state index in [1.807, 2.05) is 20.9 Å². The summed E-state index contributed by atoms with van der Waals surface area (Å²) in [6.45, 7) is 9.70. The molecule has 0 radical (unpaired) electrons. The standard InChI is InChI=1S/C7H10.C6H13N.C2H6/c1-7-5-3-2-4-6-7;1-5-3-6(5)4-7-2;1-2/h2-3,5H,4,6H2,1H3;5-7H,3-4H2,1-2H3;1-2H3. The van der Waals surface area contributed by atoms with Crippen molar-refractivity contribution in [1.29, 1.82) is 0 Å². The zero-order chi connectivity index (χ0) is 12.4. The Morgan fingerprint density at radius 3 is 2.19 bits per heavy atom. The summed E-state index contributed by atoms with van der Waals surface area (Å²) in [5, 5.41) is 3.16. The maximum Gasteiger partial charge on any atom is -0.00209 e. The van der Waals surface area contributed by atoms with Gasteiger partial charge < -0.3 is 5.32 Å². The molecule has 1 saturated carbocycles. The minimum Gasteiger partial charge on any atom is -0.319 e. The largest absolute Gasteiger partial charge is 0.319 e. The average molecular weight is 223 g/mol. The van der Waals surface area contributed by atoms with E-state index in [0.717, 1.165) is 11.8 Å². The van der Waals surface area contributed by atoms with Gasteiger partial charge in [0.05, 0.1) is 0 Å². The van der Waals surface area contributed by atoms with E-state index in [-0.39, 0.29) is 0 Å². The highest BCUT2D eigenvalue weighted by atomic mass is 14.8. The van der Waals surface area contributed by atoms with Crippen LogP contribution in [0.2, 0.25) is 0 Å². The molecule has 0 saturated heterocycles. The smallest absolute Gasteiger partial charge is 0.00209 e. The zero-order valence-electron chi connectivity index (χ0n) is 11.7. The molecule has 2 aliphatic rings. The Morgan fingerprint density at radius 2 is 2.00 bits per heavy atom. The van der Waals surface area contributed by atoms with E-state index < -0.39 is 0 Å². The third kappa shape index (κ3) is 7.70. The van der Waals surface area contributed by atoms with E-state index in [4.69, 9.17) is 0 Å². The SMILES string of the molecule is CC.CC1=CC=CCC1.CNCC1CC1C. The molecule has 2 rings (SSSR count). The van der Waals surface area contributed by atoms with E-state index in [9.17, 15) is 0 Å². The third-order valence-electron chi connectivity index (χ3n) is 2.96. The number of allylic oxidation sites excluding steroid dienone is 4. The highest BCUT2D eigenvalue weighted by Crippen LogP contribution is 2.36. The monoisotopic (exact) mass is 223 g/mol. The van der Waals surface area contributed by atoms with Gasteiger partial charge in [0.15, 0.2) is 0 Å². The van der Waals surface area contributed by atoms with E-state index >= 15 is 0 Å². The van der Waals surface area contributed by atoms with Crippen molar-refractivity contribution in [2.75, 3.05) is 13.6 Å². The fourth-order valence-corrected chi connectivity index (χ4v) is 1.67. The van der Waals surface area contributed by atoms with E-state index in [1.165, 1.54) is 31.4 Å². The first-order chi connectivity index (χ1) is 7.74. The van der Waals surface area contributed by atoms with Gasteiger partial charge >= 0.3 is 0 Å². The fraction of sp³-hybridized carbons (Fsp3) is 0.733. The van der Waals surface area contributed by atoms with Crippen LogP contribution in [-0.4, -0.2) is 13.6 Å². The van der Waals surface area contributed by atoms with Crippen LogP contribution in [0.25, 0.3) is 0 Å². The minimum atomic E-state index is 1.00. The maximum atomic E-state index is 3.16. The summed E-state index contributed by atoms with van der Waals surface area (Å²) >= 11 is 0. The molecule has 16 heavy (non-hydrogen) atoms. The Bertz CT molecular complexity index is 215. The van der Waals surface area contributed by atoms with Crippen LogP contribution in [0.4, 0.5) is 0 Å². The molecular formula is C15H29N. The van der Waals surface area contributed by atoms with Crippen LogP contribution in [-0.2, 0) is 0 Å². The Balaban J connectivity index is 0.000000244. The molecule has 2 atom stereocenters. The van der Waals surface area contributed by atoms with Crippen LogP contribution in [0.15, 0.2) is 23.8 Å². The quantitative estimate of drug-likeness (QED) is 0.741. The van der Waals surface area contributed by atoms with Gasteiger partial charge in [-0.2, -0.15) is 0 Å². The molecule has 1 nitrogen and oxygen atoms in total. The Labute approximate surface area is 102 Å². The van der Waals surface area contributed by atoms with Crippen LogP contribution in [0.5, 0.6) is 0 Å². The summed E-state index contributed by atoms with van der Waals surface area (Å²) in [5.41, 5.74) is 1.50. The van der Waals surface area contributed by atoms with Crippen molar-refractivity contribution in [2.45, 2.75) is 47.0 Å². The fourth-order valence-electron chi connectivity index (χ4n) is 1.67. The van der Waals surface area contributed by atoms with Crippen molar-refractivity contribution in [3.63, 3.8) is 0 Å². The summed E-state index contributed by atoms with van der Waals surface area (Å²) in [4.78, 5) is 0. The summed E-state index contributed by atoms with van der Waals surface area (Å²) < 4.78 is 0. The van der Waals surface area contributed by atoms with Crippen molar-refractivity contribution in [3.05, 3.63) is 23.8 Å². The first-order valence-electron chi connectivity index (χ1n) is 6.71. The lowest BCUT2D eigenvalue weighted by atomic mass is 10.1. The lowest BCUT2D eigenvalue weighted by Gasteiger charge is -1.98. The minimum absolute atomic E-state index is 1.00. The van der Waals surface area contributed by atoms with Gasteiger partial charge in [0.2, 0.25) is 0 Å². The highest BCUT2D eigenvalue weighted by Gasteiger charge is 2.30. The van der Waals surface area contributed by atoms with Gasteiger partial charge in [-0.25, -0.2) is 0 Å². The van der Waals surface area contributed by atoms with E-state index in [2.05, 4.69) is 37.4 Å². The lowest BCUT2D eigenvalue weighted by molar-refractivity contribution is 0.672. The van der Waals surface area contributed by atoms with Crippen LogP contribution in [0.3, 0.4) is 0 Å². The molecule has 1 heteroatoms. The van der Waals surface area contributed by atoms with E-state index in [0.29, 0.717) is 0 Å². The van der Waals surface area contributed by atoms with Gasteiger partial charge in [-0.3, -0.25) is 0 Å². The van der Waals surface area contributed by atoms with Crippen molar-refractivity contribution in [3.8, 4) is 0 Å². The normalized spacial score (nSPS) is 25.7. The maximum absolute atomic E-state index is 3.16. The van der Waals surface area contributed by atoms with Crippen LogP contribution in [0, 0.1) is 11.8 Å². The average Bonchev–Trinajstić information content (AvgIpc) is 3.00. The van der Waals surface area contributed by atoms with Crippen molar-refractivity contribution in [2.24, 2.45) is 11.8 Å². The molecule has 0 aromatic carbocycles. The summed E-state index contributed by atoms with van der Waals surface area (Å²) in [5.74, 6) is 2.01. The molecule has 94 valence electrons. The molecular weight excluding hydrogens is 194 g/mol. The molecule has 0 aliphatic heterocycles. The molecule has 0 heterocycles. The Hall–Kier alpha value is -0.560. The highest BCUT2D eigenvalue weighted by molar-refractivity contribution is 5.15. The predicted molar refractivity (Wildman–Crippen MR) is 74.7 cm³/mol. The predicted octanol–water partition coefficient (Wildman–Crippen LogP) is 4.17. The molecule has 1 N–H and O–H groups in total. The molecule has 0 aromatic rings. The van der Waals surface area contributed by atoms with Crippen LogP contribution < -0.4 is 5.32 Å². The van der Waals surface area contributed by atoms with Crippen molar-refractivity contribution in [1.82, 2.24) is 5.32 Å². The molecule has 0 amide bonds. The van der Waals surface area contributed by atoms with Crippen LogP contribution in [0.1, 0.15) is 47.0 Å². The molecule has 0 spiro atoms. The number of hydrogen-bond acceptors (Lipinski definition) is 1. The molecule has 1 fully saturated rings. The van der Waals surface area contributed by atoms with Gasteiger partial charge in [-0.05, 0) is 51.6 Å². The molecule has 2 unspecified atom stereocenters. The number of hydrogen-bond donors (Lipinski definition) is 1. The lowest BCUT2D eigenvalue weighted by Crippen LogP contribution is -2.09. The molecule has 0 aromatic heterocycles.